The summed E-state index contributed by atoms with van der Waals surface area (Å²) in [4.78, 5) is 18.2. The number of carbonyl (C=O) groups excluding carboxylic acids is 1. The van der Waals surface area contributed by atoms with Crippen LogP contribution in [0.3, 0.4) is 0 Å². The standard InChI is InChI=1S/C23H26FN3O5S/c1-2-31-21-10-9-18(33(29,30)27-11-4-3-5-12-27)14-20(21)25-23(28)22-15-19(26-32-22)16-7-6-8-17(24)13-16/h6-10,13-14,22H,2-5,11-12,15H2,1H3,(H,25,28). The SMILES string of the molecule is CCOc1ccc(S(=O)(=O)N2CCCCC2)cc1NC(=O)C1CC(c2cccc(F)c2)=NO1. The van der Waals surface area contributed by atoms with Gasteiger partial charge < -0.3 is 14.9 Å². The highest BCUT2D eigenvalue weighted by Crippen LogP contribution is 2.31. The fourth-order valence-electron chi connectivity index (χ4n) is 3.87. The number of hydrogen-bond donors (Lipinski definition) is 1. The molecule has 8 nitrogen and oxygen atoms in total. The van der Waals surface area contributed by atoms with Crippen LogP contribution in [0.1, 0.15) is 38.2 Å². The van der Waals surface area contributed by atoms with Gasteiger partial charge in [0.05, 0.1) is 22.9 Å². The van der Waals surface area contributed by atoms with Crippen molar-refractivity contribution in [1.29, 1.82) is 0 Å². The lowest BCUT2D eigenvalue weighted by Gasteiger charge is -2.26. The number of nitrogens with zero attached hydrogens (tertiary/aromatic N) is 2. The number of benzene rings is 2. The van der Waals surface area contributed by atoms with Gasteiger partial charge in [-0.1, -0.05) is 23.7 Å². The Balaban J connectivity index is 1.51. The van der Waals surface area contributed by atoms with Crippen LogP contribution in [0, 0.1) is 5.82 Å². The van der Waals surface area contributed by atoms with Crippen LogP contribution in [0.25, 0.3) is 0 Å². The molecule has 2 aromatic carbocycles. The molecule has 0 spiro atoms. The number of anilines is 1. The van der Waals surface area contributed by atoms with Crippen molar-refractivity contribution in [3.63, 3.8) is 0 Å². The molecule has 0 saturated carbocycles. The normalized spacial score (nSPS) is 19.0. The van der Waals surface area contributed by atoms with Gasteiger partial charge in [-0.05, 0) is 50.1 Å². The summed E-state index contributed by atoms with van der Waals surface area (Å²) in [6, 6.07) is 10.3. The van der Waals surface area contributed by atoms with Crippen LogP contribution in [0.4, 0.5) is 10.1 Å². The van der Waals surface area contributed by atoms with Crippen molar-refractivity contribution >= 4 is 27.3 Å². The lowest BCUT2D eigenvalue weighted by atomic mass is 10.0. The lowest BCUT2D eigenvalue weighted by Crippen LogP contribution is -2.35. The number of ether oxygens (including phenoxy) is 1. The molecule has 0 radical (unpaired) electrons. The molecule has 10 heteroatoms. The summed E-state index contributed by atoms with van der Waals surface area (Å²) in [5.74, 6) is -0.553. The minimum atomic E-state index is -3.68. The maximum absolute atomic E-state index is 13.5. The fraction of sp³-hybridized carbons (Fsp3) is 0.391. The minimum Gasteiger partial charge on any atom is -0.492 e. The van der Waals surface area contributed by atoms with Crippen molar-refractivity contribution in [1.82, 2.24) is 4.31 Å². The van der Waals surface area contributed by atoms with Gasteiger partial charge >= 0.3 is 0 Å². The van der Waals surface area contributed by atoms with E-state index in [-0.39, 0.29) is 17.0 Å². The summed E-state index contributed by atoms with van der Waals surface area (Å²) in [5.41, 5.74) is 1.23. The topological polar surface area (TPSA) is 97.3 Å². The van der Waals surface area contributed by atoms with Crippen LogP contribution in [-0.2, 0) is 19.7 Å². The number of amides is 1. The fourth-order valence-corrected chi connectivity index (χ4v) is 5.42. The lowest BCUT2D eigenvalue weighted by molar-refractivity contribution is -0.125. The summed E-state index contributed by atoms with van der Waals surface area (Å²) >= 11 is 0. The zero-order chi connectivity index (χ0) is 23.4. The van der Waals surface area contributed by atoms with Crippen molar-refractivity contribution in [3.05, 3.63) is 53.8 Å². The first kappa shape index (κ1) is 23.2. The van der Waals surface area contributed by atoms with Crippen LogP contribution < -0.4 is 10.1 Å². The molecule has 2 aliphatic heterocycles. The molecule has 2 heterocycles. The van der Waals surface area contributed by atoms with Gasteiger partial charge in [0, 0.05) is 25.1 Å². The molecular weight excluding hydrogens is 449 g/mol. The highest BCUT2D eigenvalue weighted by molar-refractivity contribution is 7.89. The predicted octanol–water partition coefficient (Wildman–Crippen LogP) is 3.53. The van der Waals surface area contributed by atoms with E-state index < -0.39 is 27.9 Å². The molecule has 176 valence electrons. The van der Waals surface area contributed by atoms with E-state index in [1.165, 1.54) is 28.6 Å². The summed E-state index contributed by atoms with van der Waals surface area (Å²) in [6.07, 6.45) is 1.89. The molecule has 4 rings (SSSR count). The van der Waals surface area contributed by atoms with Gasteiger partial charge in [0.25, 0.3) is 5.91 Å². The van der Waals surface area contributed by atoms with Crippen LogP contribution in [0.2, 0.25) is 0 Å². The molecule has 0 bridgehead atoms. The van der Waals surface area contributed by atoms with Crippen molar-refractivity contribution in [2.75, 3.05) is 25.0 Å². The third-order valence-corrected chi connectivity index (χ3v) is 7.48. The Bertz CT molecular complexity index is 1160. The third kappa shape index (κ3) is 5.17. The number of halogens is 1. The van der Waals surface area contributed by atoms with Gasteiger partial charge in [-0.3, -0.25) is 4.79 Å². The van der Waals surface area contributed by atoms with E-state index in [4.69, 9.17) is 9.57 Å². The van der Waals surface area contributed by atoms with Crippen LogP contribution in [-0.4, -0.2) is 50.1 Å². The first-order valence-electron chi connectivity index (χ1n) is 10.9. The average Bonchev–Trinajstić information content (AvgIpc) is 3.31. The van der Waals surface area contributed by atoms with Gasteiger partial charge in [-0.2, -0.15) is 4.31 Å². The molecule has 1 atom stereocenters. The Morgan fingerprint density at radius 1 is 1.21 bits per heavy atom. The highest BCUT2D eigenvalue weighted by Gasteiger charge is 2.31. The van der Waals surface area contributed by atoms with E-state index in [1.807, 2.05) is 0 Å². The number of oxime groups is 1. The van der Waals surface area contributed by atoms with Gasteiger partial charge in [-0.15, -0.1) is 0 Å². The van der Waals surface area contributed by atoms with Crippen molar-refractivity contribution in [2.24, 2.45) is 5.16 Å². The second-order valence-corrected chi connectivity index (χ2v) is 9.83. The molecule has 2 aliphatic rings. The van der Waals surface area contributed by atoms with Crippen LogP contribution in [0.15, 0.2) is 52.5 Å². The highest BCUT2D eigenvalue weighted by atomic mass is 32.2. The number of piperidine rings is 1. The van der Waals surface area contributed by atoms with E-state index in [0.717, 1.165) is 19.3 Å². The largest absolute Gasteiger partial charge is 0.492 e. The Kier molecular flexibility index (Phi) is 6.94. The molecule has 1 saturated heterocycles. The minimum absolute atomic E-state index is 0.0900. The zero-order valence-corrected chi connectivity index (χ0v) is 19.1. The first-order chi connectivity index (χ1) is 15.9. The average molecular weight is 476 g/mol. The molecule has 0 aromatic heterocycles. The number of nitrogens with one attached hydrogen (secondary N) is 1. The Morgan fingerprint density at radius 2 is 2.00 bits per heavy atom. The van der Waals surface area contributed by atoms with Crippen LogP contribution in [0.5, 0.6) is 5.75 Å². The smallest absolute Gasteiger partial charge is 0.268 e. The van der Waals surface area contributed by atoms with Gasteiger partial charge in [0.2, 0.25) is 16.1 Å². The second-order valence-electron chi connectivity index (χ2n) is 7.89. The summed E-state index contributed by atoms with van der Waals surface area (Å²) in [6.45, 7) is 3.09. The van der Waals surface area contributed by atoms with Crippen molar-refractivity contribution in [2.45, 2.75) is 43.6 Å². The molecular formula is C23H26FN3O5S. The maximum atomic E-state index is 13.5. The maximum Gasteiger partial charge on any atom is 0.268 e. The predicted molar refractivity (Wildman–Crippen MR) is 121 cm³/mol. The molecule has 1 unspecified atom stereocenters. The summed E-state index contributed by atoms with van der Waals surface area (Å²) in [7, 11) is -3.68. The Labute approximate surface area is 192 Å². The molecule has 33 heavy (non-hydrogen) atoms. The summed E-state index contributed by atoms with van der Waals surface area (Å²) in [5, 5.41) is 6.64. The molecule has 0 aliphatic carbocycles. The first-order valence-corrected chi connectivity index (χ1v) is 12.4. The number of sulfonamides is 1. The summed E-state index contributed by atoms with van der Waals surface area (Å²) < 4.78 is 46.7. The number of carbonyl (C=O) groups is 1. The Hall–Kier alpha value is -2.98. The monoisotopic (exact) mass is 475 g/mol. The quantitative estimate of drug-likeness (QED) is 0.661. The zero-order valence-electron chi connectivity index (χ0n) is 18.3. The molecule has 2 aromatic rings. The molecule has 1 amide bonds. The van der Waals surface area contributed by atoms with Gasteiger partial charge in [0.1, 0.15) is 11.6 Å². The van der Waals surface area contributed by atoms with E-state index in [2.05, 4.69) is 10.5 Å². The van der Waals surface area contributed by atoms with E-state index in [1.54, 1.807) is 25.1 Å². The van der Waals surface area contributed by atoms with Crippen molar-refractivity contribution in [3.8, 4) is 5.75 Å². The van der Waals surface area contributed by atoms with Gasteiger partial charge in [0.15, 0.2) is 0 Å². The van der Waals surface area contributed by atoms with Gasteiger partial charge in [-0.25, -0.2) is 12.8 Å². The van der Waals surface area contributed by atoms with E-state index >= 15 is 0 Å². The van der Waals surface area contributed by atoms with E-state index in [9.17, 15) is 17.6 Å². The number of hydrogen-bond acceptors (Lipinski definition) is 6. The van der Waals surface area contributed by atoms with E-state index in [0.29, 0.717) is 36.7 Å². The molecule has 1 N–H and O–H groups in total. The number of rotatable bonds is 7. The Morgan fingerprint density at radius 3 is 2.73 bits per heavy atom. The van der Waals surface area contributed by atoms with Crippen LogP contribution >= 0.6 is 0 Å². The molecule has 1 fully saturated rings. The second kappa shape index (κ2) is 9.88. The third-order valence-electron chi connectivity index (χ3n) is 5.58. The van der Waals surface area contributed by atoms with Crippen molar-refractivity contribution < 1.29 is 27.2 Å².